The molecule has 1 fully saturated rings. The molecule has 0 spiro atoms. The maximum absolute atomic E-state index is 12.0. The van der Waals surface area contributed by atoms with Gasteiger partial charge in [0.25, 0.3) is 0 Å². The number of rotatable bonds is 3. The molecule has 2 atom stereocenters. The summed E-state index contributed by atoms with van der Waals surface area (Å²) in [6, 6.07) is 8.52. The Bertz CT molecular complexity index is 403. The summed E-state index contributed by atoms with van der Waals surface area (Å²) in [5.74, 6) is 0.656. The SMILES string of the molecule is Cc1ccc(CCC(=O)N2CC(C)C(N)C2)cc1. The molecule has 18 heavy (non-hydrogen) atoms. The van der Waals surface area contributed by atoms with E-state index < -0.39 is 0 Å². The molecule has 0 saturated carbocycles. The van der Waals surface area contributed by atoms with E-state index in [0.29, 0.717) is 18.9 Å². The van der Waals surface area contributed by atoms with Gasteiger partial charge in [0.1, 0.15) is 0 Å². The maximum Gasteiger partial charge on any atom is 0.222 e. The Labute approximate surface area is 109 Å². The van der Waals surface area contributed by atoms with Gasteiger partial charge in [-0.25, -0.2) is 0 Å². The van der Waals surface area contributed by atoms with Crippen molar-refractivity contribution in [1.29, 1.82) is 0 Å². The Morgan fingerprint density at radius 2 is 2.00 bits per heavy atom. The minimum atomic E-state index is 0.147. The van der Waals surface area contributed by atoms with E-state index in [0.717, 1.165) is 13.0 Å². The first-order valence-corrected chi connectivity index (χ1v) is 6.65. The molecule has 2 unspecified atom stereocenters. The predicted molar refractivity (Wildman–Crippen MR) is 73.2 cm³/mol. The van der Waals surface area contributed by atoms with Crippen molar-refractivity contribution in [2.75, 3.05) is 13.1 Å². The maximum atomic E-state index is 12.0. The lowest BCUT2D eigenvalue weighted by Gasteiger charge is -2.15. The molecule has 1 aromatic rings. The first-order valence-electron chi connectivity index (χ1n) is 6.65. The van der Waals surface area contributed by atoms with Crippen molar-refractivity contribution in [3.8, 4) is 0 Å². The third-order valence-corrected chi connectivity index (χ3v) is 3.77. The topological polar surface area (TPSA) is 46.3 Å². The molecular weight excluding hydrogens is 224 g/mol. The number of aryl methyl sites for hydroxylation is 2. The van der Waals surface area contributed by atoms with Gasteiger partial charge >= 0.3 is 0 Å². The second-order valence-electron chi connectivity index (χ2n) is 5.43. The average molecular weight is 246 g/mol. The standard InChI is InChI=1S/C15H22N2O/c1-11-3-5-13(6-4-11)7-8-15(18)17-9-12(2)14(16)10-17/h3-6,12,14H,7-10,16H2,1-2H3. The molecule has 1 saturated heterocycles. The van der Waals surface area contributed by atoms with E-state index >= 15 is 0 Å². The fourth-order valence-electron chi connectivity index (χ4n) is 2.36. The van der Waals surface area contributed by atoms with Gasteiger partial charge in [0.05, 0.1) is 0 Å². The van der Waals surface area contributed by atoms with Crippen molar-refractivity contribution < 1.29 is 4.79 Å². The lowest BCUT2D eigenvalue weighted by molar-refractivity contribution is -0.130. The van der Waals surface area contributed by atoms with Gasteiger partial charge in [0.2, 0.25) is 5.91 Å². The summed E-state index contributed by atoms with van der Waals surface area (Å²) in [7, 11) is 0. The largest absolute Gasteiger partial charge is 0.341 e. The monoisotopic (exact) mass is 246 g/mol. The van der Waals surface area contributed by atoms with Crippen molar-refractivity contribution in [3.05, 3.63) is 35.4 Å². The Balaban J connectivity index is 1.83. The first kappa shape index (κ1) is 13.1. The molecule has 3 nitrogen and oxygen atoms in total. The second kappa shape index (κ2) is 5.53. The molecule has 2 N–H and O–H groups in total. The van der Waals surface area contributed by atoms with Crippen LogP contribution < -0.4 is 5.73 Å². The third kappa shape index (κ3) is 3.10. The van der Waals surface area contributed by atoms with Crippen LogP contribution in [-0.4, -0.2) is 29.9 Å². The van der Waals surface area contributed by atoms with Crippen molar-refractivity contribution in [2.45, 2.75) is 32.7 Å². The Morgan fingerprint density at radius 1 is 1.33 bits per heavy atom. The van der Waals surface area contributed by atoms with Gasteiger partial charge in [-0.15, -0.1) is 0 Å². The summed E-state index contributed by atoms with van der Waals surface area (Å²) in [6.07, 6.45) is 1.40. The Morgan fingerprint density at radius 3 is 2.56 bits per heavy atom. The van der Waals surface area contributed by atoms with Gasteiger partial charge in [-0.3, -0.25) is 4.79 Å². The fraction of sp³-hybridized carbons (Fsp3) is 0.533. The Hall–Kier alpha value is -1.35. The zero-order valence-electron chi connectivity index (χ0n) is 11.2. The van der Waals surface area contributed by atoms with Crippen LogP contribution in [0.25, 0.3) is 0 Å². The molecule has 98 valence electrons. The molecule has 0 radical (unpaired) electrons. The summed E-state index contributed by atoms with van der Waals surface area (Å²) >= 11 is 0. The van der Waals surface area contributed by atoms with Crippen LogP contribution in [0.4, 0.5) is 0 Å². The van der Waals surface area contributed by atoms with Gasteiger partial charge < -0.3 is 10.6 Å². The highest BCUT2D eigenvalue weighted by molar-refractivity contribution is 5.76. The highest BCUT2D eigenvalue weighted by Crippen LogP contribution is 2.16. The van der Waals surface area contributed by atoms with Gasteiger partial charge in [0.15, 0.2) is 0 Å². The number of benzene rings is 1. The molecule has 0 aliphatic carbocycles. The number of nitrogens with two attached hydrogens (primary N) is 1. The highest BCUT2D eigenvalue weighted by Gasteiger charge is 2.29. The summed E-state index contributed by atoms with van der Waals surface area (Å²) in [6.45, 7) is 5.71. The van der Waals surface area contributed by atoms with Crippen molar-refractivity contribution in [2.24, 2.45) is 11.7 Å². The summed E-state index contributed by atoms with van der Waals surface area (Å²) < 4.78 is 0. The van der Waals surface area contributed by atoms with Crippen molar-refractivity contribution >= 4 is 5.91 Å². The molecule has 0 bridgehead atoms. The van der Waals surface area contributed by atoms with Crippen LogP contribution in [-0.2, 0) is 11.2 Å². The number of hydrogen-bond donors (Lipinski definition) is 1. The minimum absolute atomic E-state index is 0.147. The number of amides is 1. The van der Waals surface area contributed by atoms with E-state index in [2.05, 4.69) is 38.1 Å². The lowest BCUT2D eigenvalue weighted by atomic mass is 10.1. The van der Waals surface area contributed by atoms with Crippen LogP contribution in [0.1, 0.15) is 24.5 Å². The van der Waals surface area contributed by atoms with Crippen molar-refractivity contribution in [3.63, 3.8) is 0 Å². The molecule has 0 aromatic heterocycles. The molecular formula is C15H22N2O. The molecule has 2 rings (SSSR count). The Kier molecular flexibility index (Phi) is 4.02. The predicted octanol–water partition coefficient (Wildman–Crippen LogP) is 1.73. The molecule has 1 amide bonds. The summed E-state index contributed by atoms with van der Waals surface area (Å²) in [5, 5.41) is 0. The van der Waals surface area contributed by atoms with Crippen LogP contribution in [0.5, 0.6) is 0 Å². The smallest absolute Gasteiger partial charge is 0.222 e. The van der Waals surface area contributed by atoms with Gasteiger partial charge in [-0.2, -0.15) is 0 Å². The number of likely N-dealkylation sites (tertiary alicyclic amines) is 1. The zero-order valence-corrected chi connectivity index (χ0v) is 11.2. The minimum Gasteiger partial charge on any atom is -0.341 e. The molecule has 1 aromatic carbocycles. The van der Waals surface area contributed by atoms with E-state index in [4.69, 9.17) is 5.73 Å². The number of nitrogens with zero attached hydrogens (tertiary/aromatic N) is 1. The average Bonchev–Trinajstić information content (AvgIpc) is 2.69. The molecule has 3 heteroatoms. The highest BCUT2D eigenvalue weighted by atomic mass is 16.2. The van der Waals surface area contributed by atoms with Gasteiger partial charge in [-0.1, -0.05) is 36.8 Å². The van der Waals surface area contributed by atoms with E-state index in [9.17, 15) is 4.79 Å². The van der Waals surface area contributed by atoms with Crippen LogP contribution in [0, 0.1) is 12.8 Å². The number of carbonyl (C=O) groups is 1. The quantitative estimate of drug-likeness (QED) is 0.883. The van der Waals surface area contributed by atoms with E-state index in [-0.39, 0.29) is 11.9 Å². The zero-order chi connectivity index (χ0) is 13.1. The van der Waals surface area contributed by atoms with Crippen LogP contribution in [0.3, 0.4) is 0 Å². The molecule has 1 heterocycles. The van der Waals surface area contributed by atoms with Crippen LogP contribution in [0.15, 0.2) is 24.3 Å². The number of carbonyl (C=O) groups excluding carboxylic acids is 1. The van der Waals surface area contributed by atoms with E-state index in [1.54, 1.807) is 0 Å². The van der Waals surface area contributed by atoms with Crippen LogP contribution >= 0.6 is 0 Å². The van der Waals surface area contributed by atoms with E-state index in [1.165, 1.54) is 11.1 Å². The second-order valence-corrected chi connectivity index (χ2v) is 5.43. The van der Waals surface area contributed by atoms with Crippen LogP contribution in [0.2, 0.25) is 0 Å². The van der Waals surface area contributed by atoms with Gasteiger partial charge in [-0.05, 0) is 24.8 Å². The number of hydrogen-bond acceptors (Lipinski definition) is 2. The fourth-order valence-corrected chi connectivity index (χ4v) is 2.36. The van der Waals surface area contributed by atoms with E-state index in [1.807, 2.05) is 4.90 Å². The molecule has 1 aliphatic rings. The third-order valence-electron chi connectivity index (χ3n) is 3.77. The van der Waals surface area contributed by atoms with Crippen molar-refractivity contribution in [1.82, 2.24) is 4.90 Å². The molecule has 1 aliphatic heterocycles. The first-order chi connectivity index (χ1) is 8.56. The normalized spacial score (nSPS) is 23.4. The summed E-state index contributed by atoms with van der Waals surface area (Å²) in [5.41, 5.74) is 8.42. The summed E-state index contributed by atoms with van der Waals surface area (Å²) in [4.78, 5) is 14.0. The van der Waals surface area contributed by atoms with Gasteiger partial charge in [0, 0.05) is 25.6 Å². The lowest BCUT2D eigenvalue weighted by Crippen LogP contribution is -2.32.